The molecular formula is C12H14BrClFNO. The van der Waals surface area contributed by atoms with Gasteiger partial charge in [0.2, 0.25) is 0 Å². The smallest absolute Gasteiger partial charge is 0.251 e. The fourth-order valence-corrected chi connectivity index (χ4v) is 1.42. The summed E-state index contributed by atoms with van der Waals surface area (Å²) in [6, 6.07) is 4.02. The monoisotopic (exact) mass is 321 g/mol. The Morgan fingerprint density at radius 1 is 1.53 bits per heavy atom. The predicted octanol–water partition coefficient (Wildman–Crippen LogP) is 3.63. The van der Waals surface area contributed by atoms with Gasteiger partial charge in [0, 0.05) is 17.4 Å². The van der Waals surface area contributed by atoms with Crippen LogP contribution in [0, 0.1) is 11.2 Å². The molecule has 0 aliphatic carbocycles. The lowest BCUT2D eigenvalue weighted by Crippen LogP contribution is -2.34. The van der Waals surface area contributed by atoms with E-state index in [0.717, 1.165) is 11.4 Å². The molecular weight excluding hydrogens is 308 g/mol. The van der Waals surface area contributed by atoms with Gasteiger partial charge in [-0.3, -0.25) is 4.79 Å². The number of nitrogens with one attached hydrogen (secondary N) is 1. The molecule has 0 heterocycles. The van der Waals surface area contributed by atoms with Crippen molar-refractivity contribution in [3.8, 4) is 0 Å². The fourth-order valence-electron chi connectivity index (χ4n) is 1.11. The minimum Gasteiger partial charge on any atom is -0.351 e. The molecule has 0 fully saturated rings. The Labute approximate surface area is 114 Å². The second kappa shape index (κ2) is 5.83. The molecule has 0 aliphatic rings. The van der Waals surface area contributed by atoms with E-state index in [2.05, 4.69) is 21.2 Å². The summed E-state index contributed by atoms with van der Waals surface area (Å²) >= 11 is 8.91. The largest absolute Gasteiger partial charge is 0.351 e. The lowest BCUT2D eigenvalue weighted by Gasteiger charge is -2.21. The molecule has 0 spiro atoms. The molecule has 0 aliphatic heterocycles. The number of amides is 1. The predicted molar refractivity (Wildman–Crippen MR) is 71.3 cm³/mol. The van der Waals surface area contributed by atoms with Crippen molar-refractivity contribution in [2.75, 3.05) is 11.9 Å². The molecule has 1 aromatic rings. The number of halogens is 3. The van der Waals surface area contributed by atoms with E-state index < -0.39 is 5.82 Å². The van der Waals surface area contributed by atoms with Crippen LogP contribution in [0.4, 0.5) is 4.39 Å². The fraction of sp³-hybridized carbons (Fsp3) is 0.417. The van der Waals surface area contributed by atoms with Gasteiger partial charge in [-0.25, -0.2) is 4.39 Å². The van der Waals surface area contributed by atoms with Gasteiger partial charge in [0.15, 0.2) is 0 Å². The van der Waals surface area contributed by atoms with E-state index in [1.807, 2.05) is 13.8 Å². The van der Waals surface area contributed by atoms with Crippen molar-refractivity contribution >= 4 is 33.4 Å². The van der Waals surface area contributed by atoms with Gasteiger partial charge < -0.3 is 5.32 Å². The number of carbonyl (C=O) groups excluding carboxylic acids is 1. The lowest BCUT2D eigenvalue weighted by molar-refractivity contribution is 0.0940. The Morgan fingerprint density at radius 2 is 2.18 bits per heavy atom. The van der Waals surface area contributed by atoms with E-state index in [1.54, 1.807) is 0 Å². The van der Waals surface area contributed by atoms with Crippen LogP contribution in [-0.2, 0) is 0 Å². The summed E-state index contributed by atoms with van der Waals surface area (Å²) < 4.78 is 13.2. The number of rotatable bonds is 4. The molecule has 1 rings (SSSR count). The molecule has 0 unspecified atom stereocenters. The summed E-state index contributed by atoms with van der Waals surface area (Å²) in [6.45, 7) is 4.55. The van der Waals surface area contributed by atoms with Crippen LogP contribution in [0.25, 0.3) is 0 Å². The molecule has 0 atom stereocenters. The molecule has 0 bridgehead atoms. The van der Waals surface area contributed by atoms with E-state index in [0.29, 0.717) is 6.54 Å². The molecule has 17 heavy (non-hydrogen) atoms. The highest BCUT2D eigenvalue weighted by atomic mass is 79.9. The Kier molecular flexibility index (Phi) is 4.95. The first-order valence-corrected chi connectivity index (χ1v) is 6.65. The van der Waals surface area contributed by atoms with Gasteiger partial charge >= 0.3 is 0 Å². The minimum atomic E-state index is -0.584. The lowest BCUT2D eigenvalue weighted by atomic mass is 9.97. The Morgan fingerprint density at radius 3 is 2.71 bits per heavy atom. The Bertz CT molecular complexity index is 423. The van der Waals surface area contributed by atoms with Crippen LogP contribution in [0.5, 0.6) is 0 Å². The number of hydrogen-bond donors (Lipinski definition) is 1. The summed E-state index contributed by atoms with van der Waals surface area (Å²) in [4.78, 5) is 11.7. The highest BCUT2D eigenvalue weighted by Crippen LogP contribution is 2.18. The highest BCUT2D eigenvalue weighted by molar-refractivity contribution is 9.09. The first kappa shape index (κ1) is 14.5. The van der Waals surface area contributed by atoms with Crippen molar-refractivity contribution in [3.63, 3.8) is 0 Å². The van der Waals surface area contributed by atoms with Crippen LogP contribution in [0.15, 0.2) is 18.2 Å². The van der Waals surface area contributed by atoms with Gasteiger partial charge in [0.25, 0.3) is 5.91 Å². The van der Waals surface area contributed by atoms with Gasteiger partial charge in [-0.2, -0.15) is 0 Å². The van der Waals surface area contributed by atoms with Gasteiger partial charge in [0.1, 0.15) is 5.82 Å². The normalized spacial score (nSPS) is 11.4. The zero-order valence-corrected chi connectivity index (χ0v) is 12.0. The molecule has 0 radical (unpaired) electrons. The van der Waals surface area contributed by atoms with E-state index in [9.17, 15) is 9.18 Å². The average molecular weight is 323 g/mol. The van der Waals surface area contributed by atoms with Crippen LogP contribution < -0.4 is 5.32 Å². The van der Waals surface area contributed by atoms with E-state index >= 15 is 0 Å². The minimum absolute atomic E-state index is 0.0161. The first-order valence-electron chi connectivity index (χ1n) is 5.15. The van der Waals surface area contributed by atoms with Crippen molar-refractivity contribution < 1.29 is 9.18 Å². The Hall–Kier alpha value is -0.610. The van der Waals surface area contributed by atoms with Crippen molar-refractivity contribution in [2.24, 2.45) is 5.41 Å². The van der Waals surface area contributed by atoms with Crippen LogP contribution in [0.3, 0.4) is 0 Å². The van der Waals surface area contributed by atoms with Crippen molar-refractivity contribution in [1.82, 2.24) is 5.32 Å². The second-order valence-corrected chi connectivity index (χ2v) is 5.58. The number of hydrogen-bond acceptors (Lipinski definition) is 1. The van der Waals surface area contributed by atoms with Crippen molar-refractivity contribution in [3.05, 3.63) is 34.6 Å². The van der Waals surface area contributed by atoms with Crippen LogP contribution in [0.2, 0.25) is 5.02 Å². The van der Waals surface area contributed by atoms with E-state index in [1.165, 1.54) is 12.1 Å². The second-order valence-electron chi connectivity index (χ2n) is 4.61. The highest BCUT2D eigenvalue weighted by Gasteiger charge is 2.18. The molecule has 0 saturated heterocycles. The van der Waals surface area contributed by atoms with Crippen LogP contribution in [0.1, 0.15) is 24.2 Å². The molecule has 0 aromatic heterocycles. The zero-order chi connectivity index (χ0) is 13.1. The summed E-state index contributed by atoms with van der Waals surface area (Å²) in [5.41, 5.74) is 0.234. The zero-order valence-electron chi connectivity index (χ0n) is 9.69. The van der Waals surface area contributed by atoms with Crippen molar-refractivity contribution in [2.45, 2.75) is 13.8 Å². The summed E-state index contributed by atoms with van der Waals surface area (Å²) in [5, 5.41) is 3.55. The first-order chi connectivity index (χ1) is 7.85. The van der Waals surface area contributed by atoms with E-state index in [-0.39, 0.29) is 21.9 Å². The maximum Gasteiger partial charge on any atom is 0.251 e. The number of alkyl halides is 1. The van der Waals surface area contributed by atoms with E-state index in [4.69, 9.17) is 11.6 Å². The standard InChI is InChI=1S/C12H14BrClFNO/c1-12(2,6-13)7-16-11(17)8-3-4-9(14)10(15)5-8/h3-5H,6-7H2,1-2H3,(H,16,17). The third-order valence-corrected chi connectivity index (χ3v) is 4.10. The maximum absolute atomic E-state index is 13.2. The molecule has 5 heteroatoms. The average Bonchev–Trinajstić information content (AvgIpc) is 2.30. The Balaban J connectivity index is 2.68. The van der Waals surface area contributed by atoms with Gasteiger partial charge in [0.05, 0.1) is 5.02 Å². The van der Waals surface area contributed by atoms with Gasteiger partial charge in [-0.05, 0) is 23.6 Å². The summed E-state index contributed by atoms with van der Waals surface area (Å²) in [7, 11) is 0. The van der Waals surface area contributed by atoms with Crippen LogP contribution in [-0.4, -0.2) is 17.8 Å². The molecule has 2 nitrogen and oxygen atoms in total. The summed E-state index contributed by atoms with van der Waals surface area (Å²) in [5.74, 6) is -0.881. The molecule has 1 amide bonds. The molecule has 1 aromatic carbocycles. The summed E-state index contributed by atoms with van der Waals surface area (Å²) in [6.07, 6.45) is 0. The number of benzene rings is 1. The third-order valence-electron chi connectivity index (χ3n) is 2.27. The number of carbonyl (C=O) groups is 1. The van der Waals surface area contributed by atoms with Crippen LogP contribution >= 0.6 is 27.5 Å². The SMILES string of the molecule is CC(C)(CBr)CNC(=O)c1ccc(Cl)c(F)c1. The van der Waals surface area contributed by atoms with Crippen molar-refractivity contribution in [1.29, 1.82) is 0 Å². The molecule has 1 N–H and O–H groups in total. The van der Waals surface area contributed by atoms with Gasteiger partial charge in [-0.1, -0.05) is 41.4 Å². The topological polar surface area (TPSA) is 29.1 Å². The molecule has 0 saturated carbocycles. The maximum atomic E-state index is 13.2. The quantitative estimate of drug-likeness (QED) is 0.843. The van der Waals surface area contributed by atoms with Gasteiger partial charge in [-0.15, -0.1) is 0 Å². The third kappa shape index (κ3) is 4.28. The molecule has 94 valence electrons.